The molecule has 2 heterocycles. The summed E-state index contributed by atoms with van der Waals surface area (Å²) in [4.78, 5) is 12.4. The van der Waals surface area contributed by atoms with Crippen molar-refractivity contribution < 1.29 is 18.0 Å². The molecule has 30 heavy (non-hydrogen) atoms. The molecule has 1 amide bonds. The molecule has 0 bridgehead atoms. The maximum Gasteiger partial charge on any atom is 0.416 e. The number of halogens is 4. The number of nitriles is 1. The number of rotatable bonds is 5. The van der Waals surface area contributed by atoms with Crippen molar-refractivity contribution >= 4 is 40.1 Å². The Morgan fingerprint density at radius 1 is 1.37 bits per heavy atom. The number of benzene rings is 1. The molecular formula is C19H13ClF3N5OS. The number of aryl methyl sites for hydroxylation is 1. The van der Waals surface area contributed by atoms with Crippen LogP contribution in [0.3, 0.4) is 0 Å². The van der Waals surface area contributed by atoms with Crippen molar-refractivity contribution in [2.45, 2.75) is 19.5 Å². The first-order chi connectivity index (χ1) is 14.2. The molecular weight excluding hydrogens is 439 g/mol. The predicted octanol–water partition coefficient (Wildman–Crippen LogP) is 5.11. The van der Waals surface area contributed by atoms with Gasteiger partial charge >= 0.3 is 6.18 Å². The van der Waals surface area contributed by atoms with Crippen LogP contribution in [0.15, 0.2) is 42.1 Å². The van der Waals surface area contributed by atoms with Gasteiger partial charge in [0.05, 0.1) is 16.3 Å². The highest BCUT2D eigenvalue weighted by molar-refractivity contribution is 7.15. The first kappa shape index (κ1) is 21.5. The smallest absolute Gasteiger partial charge is 0.316 e. The van der Waals surface area contributed by atoms with E-state index in [9.17, 15) is 23.2 Å². The molecule has 0 spiro atoms. The fourth-order valence-electron chi connectivity index (χ4n) is 2.51. The van der Waals surface area contributed by atoms with Crippen molar-refractivity contribution in [2.75, 3.05) is 5.32 Å². The van der Waals surface area contributed by atoms with Crippen LogP contribution in [0, 0.1) is 11.3 Å². The summed E-state index contributed by atoms with van der Waals surface area (Å²) in [6, 6.07) is 7.82. The monoisotopic (exact) mass is 451 g/mol. The quantitative estimate of drug-likeness (QED) is 0.431. The molecule has 0 saturated carbocycles. The van der Waals surface area contributed by atoms with Crippen molar-refractivity contribution in [3.8, 4) is 11.8 Å². The van der Waals surface area contributed by atoms with Gasteiger partial charge in [0.25, 0.3) is 5.91 Å². The molecule has 0 atom stereocenters. The second-order valence-electron chi connectivity index (χ2n) is 5.95. The molecule has 0 unspecified atom stereocenters. The van der Waals surface area contributed by atoms with Gasteiger partial charge in [0.2, 0.25) is 5.13 Å². The number of carbonyl (C=O) groups excluding carboxylic acids is 1. The third-order valence-corrected chi connectivity index (χ3v) is 5.26. The zero-order valence-corrected chi connectivity index (χ0v) is 16.9. The number of anilines is 1. The summed E-state index contributed by atoms with van der Waals surface area (Å²) in [5.74, 6) is -0.709. The second-order valence-corrected chi connectivity index (χ2v) is 7.41. The van der Waals surface area contributed by atoms with Crippen LogP contribution < -0.4 is 5.32 Å². The van der Waals surface area contributed by atoms with Gasteiger partial charge in [-0.25, -0.2) is 0 Å². The van der Waals surface area contributed by atoms with E-state index < -0.39 is 17.6 Å². The number of nitrogens with one attached hydrogen (secondary N) is 1. The largest absolute Gasteiger partial charge is 0.416 e. The Morgan fingerprint density at radius 2 is 2.13 bits per heavy atom. The second kappa shape index (κ2) is 8.69. The molecule has 3 rings (SSSR count). The molecule has 6 nitrogen and oxygen atoms in total. The third-order valence-electron chi connectivity index (χ3n) is 3.96. The first-order valence-electron chi connectivity index (χ1n) is 8.53. The minimum atomic E-state index is -4.54. The van der Waals surface area contributed by atoms with Gasteiger partial charge in [-0.05, 0) is 42.8 Å². The molecule has 2 aromatic heterocycles. The van der Waals surface area contributed by atoms with Gasteiger partial charge in [-0.15, -0.1) is 10.2 Å². The summed E-state index contributed by atoms with van der Waals surface area (Å²) in [6.45, 7) is 1.89. The Morgan fingerprint density at radius 3 is 2.77 bits per heavy atom. The summed E-state index contributed by atoms with van der Waals surface area (Å²) in [6.07, 6.45) is -1.15. The lowest BCUT2D eigenvalue weighted by Gasteiger charge is -2.13. The normalized spacial score (nSPS) is 11.9. The van der Waals surface area contributed by atoms with Gasteiger partial charge in [-0.2, -0.15) is 18.4 Å². The predicted molar refractivity (Wildman–Crippen MR) is 107 cm³/mol. The Bertz CT molecular complexity index is 1160. The van der Waals surface area contributed by atoms with E-state index in [2.05, 4.69) is 15.5 Å². The minimum Gasteiger partial charge on any atom is -0.316 e. The SMILES string of the molecule is CCc1nnc(NC(=O)/C(C#N)=C\c2cccn2-c2cc(C(F)(F)F)ccc2Cl)s1. The summed E-state index contributed by atoms with van der Waals surface area (Å²) in [7, 11) is 0. The van der Waals surface area contributed by atoms with E-state index in [-0.39, 0.29) is 21.4 Å². The van der Waals surface area contributed by atoms with E-state index in [1.54, 1.807) is 18.2 Å². The van der Waals surface area contributed by atoms with Crippen LogP contribution in [0.25, 0.3) is 11.8 Å². The molecule has 0 aliphatic rings. The maximum absolute atomic E-state index is 13.1. The lowest BCUT2D eigenvalue weighted by molar-refractivity contribution is -0.137. The van der Waals surface area contributed by atoms with Crippen LogP contribution in [-0.4, -0.2) is 20.7 Å². The number of hydrogen-bond donors (Lipinski definition) is 1. The highest BCUT2D eigenvalue weighted by Crippen LogP contribution is 2.33. The van der Waals surface area contributed by atoms with Crippen LogP contribution in [0.4, 0.5) is 18.3 Å². The molecule has 0 radical (unpaired) electrons. The molecule has 1 N–H and O–H groups in total. The lowest BCUT2D eigenvalue weighted by Crippen LogP contribution is -2.13. The summed E-state index contributed by atoms with van der Waals surface area (Å²) in [5, 5.41) is 20.6. The molecule has 0 aliphatic heterocycles. The van der Waals surface area contributed by atoms with Crippen LogP contribution in [0.1, 0.15) is 23.2 Å². The molecule has 1 aromatic carbocycles. The van der Waals surface area contributed by atoms with Gasteiger partial charge in [-0.1, -0.05) is 29.9 Å². The Labute approximate surface area is 178 Å². The van der Waals surface area contributed by atoms with E-state index in [0.717, 1.165) is 23.2 Å². The van der Waals surface area contributed by atoms with Crippen molar-refractivity contribution in [2.24, 2.45) is 0 Å². The summed E-state index contributed by atoms with van der Waals surface area (Å²) >= 11 is 7.28. The fourth-order valence-corrected chi connectivity index (χ4v) is 3.40. The van der Waals surface area contributed by atoms with Crippen LogP contribution >= 0.6 is 22.9 Å². The third kappa shape index (κ3) is 4.69. The Hall–Kier alpha value is -3.16. The number of alkyl halides is 3. The molecule has 0 fully saturated rings. The van der Waals surface area contributed by atoms with Crippen molar-refractivity contribution in [3.05, 3.63) is 63.4 Å². The van der Waals surface area contributed by atoms with Crippen LogP contribution in [0.2, 0.25) is 5.02 Å². The van der Waals surface area contributed by atoms with Gasteiger partial charge in [0.15, 0.2) is 0 Å². The average molecular weight is 452 g/mol. The van der Waals surface area contributed by atoms with Gasteiger partial charge in [0.1, 0.15) is 16.6 Å². The van der Waals surface area contributed by atoms with E-state index >= 15 is 0 Å². The molecule has 0 saturated heterocycles. The number of amides is 1. The highest BCUT2D eigenvalue weighted by Gasteiger charge is 2.31. The van der Waals surface area contributed by atoms with Gasteiger partial charge < -0.3 is 4.57 Å². The van der Waals surface area contributed by atoms with Crippen molar-refractivity contribution in [1.82, 2.24) is 14.8 Å². The summed E-state index contributed by atoms with van der Waals surface area (Å²) in [5.41, 5.74) is -0.760. The fraction of sp³-hybridized carbons (Fsp3) is 0.158. The van der Waals surface area contributed by atoms with Crippen molar-refractivity contribution in [3.63, 3.8) is 0 Å². The minimum absolute atomic E-state index is 0.0668. The maximum atomic E-state index is 13.1. The topological polar surface area (TPSA) is 83.6 Å². The van der Waals surface area contributed by atoms with E-state index in [1.165, 1.54) is 28.2 Å². The van der Waals surface area contributed by atoms with E-state index in [0.29, 0.717) is 12.1 Å². The van der Waals surface area contributed by atoms with Crippen LogP contribution in [0.5, 0.6) is 0 Å². The zero-order chi connectivity index (χ0) is 21.9. The standard InChI is InChI=1S/C19H13ClF3N5OS/c1-2-16-26-27-18(30-16)25-17(29)11(10-24)8-13-4-3-7-28(13)15-9-12(19(21,22)23)5-6-14(15)20/h3-9H,2H2,1H3,(H,25,27,29)/b11-8-. The van der Waals surface area contributed by atoms with Crippen LogP contribution in [-0.2, 0) is 17.4 Å². The molecule has 154 valence electrons. The number of nitrogens with zero attached hydrogens (tertiary/aromatic N) is 4. The molecule has 11 heteroatoms. The van der Waals surface area contributed by atoms with Gasteiger partial charge in [0, 0.05) is 11.9 Å². The van der Waals surface area contributed by atoms with E-state index in [4.69, 9.17) is 11.6 Å². The Balaban J connectivity index is 1.94. The number of hydrogen-bond acceptors (Lipinski definition) is 5. The lowest BCUT2D eigenvalue weighted by atomic mass is 10.1. The summed E-state index contributed by atoms with van der Waals surface area (Å²) < 4.78 is 40.6. The van der Waals surface area contributed by atoms with Gasteiger partial charge in [-0.3, -0.25) is 10.1 Å². The van der Waals surface area contributed by atoms with E-state index in [1.807, 2.05) is 6.92 Å². The Kier molecular flexibility index (Phi) is 6.24. The van der Waals surface area contributed by atoms with Crippen molar-refractivity contribution in [1.29, 1.82) is 5.26 Å². The average Bonchev–Trinajstić information content (AvgIpc) is 3.34. The number of carbonyl (C=O) groups is 1. The number of aromatic nitrogens is 3. The highest BCUT2D eigenvalue weighted by atomic mass is 35.5. The first-order valence-corrected chi connectivity index (χ1v) is 9.72. The zero-order valence-electron chi connectivity index (χ0n) is 15.4. The molecule has 3 aromatic rings. The molecule has 0 aliphatic carbocycles.